The minimum Gasteiger partial charge on any atom is -0.465 e. The number of esters is 1. The number of aromatic nitrogens is 2. The standard InChI is InChI=1S/C14H21N3O2/c1-4-11-8-13(16-10(3)15-11)17(12-6-7-12)9-14(18)19-5-2/h8,12H,4-7,9H2,1-3H3. The van der Waals surface area contributed by atoms with E-state index >= 15 is 0 Å². The molecule has 0 bridgehead atoms. The van der Waals surface area contributed by atoms with Gasteiger partial charge in [-0.05, 0) is 33.1 Å². The maximum absolute atomic E-state index is 11.7. The third-order valence-corrected chi connectivity index (χ3v) is 3.13. The Kier molecular flexibility index (Phi) is 4.35. The summed E-state index contributed by atoms with van der Waals surface area (Å²) in [5.74, 6) is 1.41. The molecule has 0 atom stereocenters. The summed E-state index contributed by atoms with van der Waals surface area (Å²) < 4.78 is 5.03. The molecule has 0 amide bonds. The molecule has 0 aromatic carbocycles. The number of hydrogen-bond acceptors (Lipinski definition) is 5. The van der Waals surface area contributed by atoms with E-state index in [-0.39, 0.29) is 12.5 Å². The quantitative estimate of drug-likeness (QED) is 0.733. The monoisotopic (exact) mass is 263 g/mol. The summed E-state index contributed by atoms with van der Waals surface area (Å²) in [6.07, 6.45) is 3.10. The maximum atomic E-state index is 11.7. The first kappa shape index (κ1) is 13.8. The van der Waals surface area contributed by atoms with Crippen molar-refractivity contribution in [3.63, 3.8) is 0 Å². The van der Waals surface area contributed by atoms with Crippen LogP contribution in [0.15, 0.2) is 6.07 Å². The second-order valence-corrected chi connectivity index (χ2v) is 4.78. The molecule has 0 spiro atoms. The van der Waals surface area contributed by atoms with E-state index in [1.165, 1.54) is 0 Å². The molecule has 1 aliphatic carbocycles. The van der Waals surface area contributed by atoms with Crippen molar-refractivity contribution in [1.29, 1.82) is 0 Å². The number of rotatable bonds is 6. The Morgan fingerprint density at radius 2 is 2.16 bits per heavy atom. The first-order chi connectivity index (χ1) is 9.13. The molecule has 0 N–H and O–H groups in total. The fourth-order valence-corrected chi connectivity index (χ4v) is 2.07. The van der Waals surface area contributed by atoms with Gasteiger partial charge in [-0.2, -0.15) is 0 Å². The molecule has 0 saturated heterocycles. The third kappa shape index (κ3) is 3.66. The molecule has 0 unspecified atom stereocenters. The summed E-state index contributed by atoms with van der Waals surface area (Å²) in [5, 5.41) is 0. The van der Waals surface area contributed by atoms with Crippen molar-refractivity contribution >= 4 is 11.8 Å². The fourth-order valence-electron chi connectivity index (χ4n) is 2.07. The zero-order valence-corrected chi connectivity index (χ0v) is 11.8. The molecule has 1 fully saturated rings. The van der Waals surface area contributed by atoms with Gasteiger partial charge in [-0.3, -0.25) is 4.79 Å². The predicted molar refractivity (Wildman–Crippen MR) is 73.1 cm³/mol. The summed E-state index contributed by atoms with van der Waals surface area (Å²) in [4.78, 5) is 22.6. The second-order valence-electron chi connectivity index (χ2n) is 4.78. The average molecular weight is 263 g/mol. The molecular formula is C14H21N3O2. The highest BCUT2D eigenvalue weighted by molar-refractivity contribution is 5.75. The van der Waals surface area contributed by atoms with E-state index in [2.05, 4.69) is 16.9 Å². The molecule has 0 aliphatic heterocycles. The summed E-state index contributed by atoms with van der Waals surface area (Å²) in [6, 6.07) is 2.40. The van der Waals surface area contributed by atoms with Crippen LogP contribution in [-0.2, 0) is 16.0 Å². The minimum atomic E-state index is -0.191. The molecule has 5 heteroatoms. The largest absolute Gasteiger partial charge is 0.465 e. The Morgan fingerprint density at radius 1 is 1.42 bits per heavy atom. The zero-order chi connectivity index (χ0) is 13.8. The number of nitrogens with zero attached hydrogens (tertiary/aromatic N) is 3. The first-order valence-corrected chi connectivity index (χ1v) is 6.90. The zero-order valence-electron chi connectivity index (χ0n) is 11.8. The lowest BCUT2D eigenvalue weighted by molar-refractivity contribution is -0.141. The smallest absolute Gasteiger partial charge is 0.325 e. The van der Waals surface area contributed by atoms with E-state index < -0.39 is 0 Å². The maximum Gasteiger partial charge on any atom is 0.325 e. The Hall–Kier alpha value is -1.65. The van der Waals surface area contributed by atoms with Crippen LogP contribution in [0.4, 0.5) is 5.82 Å². The highest BCUT2D eigenvalue weighted by Gasteiger charge is 2.32. The van der Waals surface area contributed by atoms with Crippen LogP contribution in [0.5, 0.6) is 0 Å². The number of carbonyl (C=O) groups is 1. The van der Waals surface area contributed by atoms with E-state index in [9.17, 15) is 4.79 Å². The molecule has 2 rings (SSSR count). The van der Waals surface area contributed by atoms with Crippen molar-refractivity contribution in [3.05, 3.63) is 17.6 Å². The van der Waals surface area contributed by atoms with Crippen LogP contribution in [0, 0.1) is 6.92 Å². The molecule has 0 radical (unpaired) electrons. The van der Waals surface area contributed by atoms with E-state index in [1.807, 2.05) is 24.8 Å². The topological polar surface area (TPSA) is 55.3 Å². The van der Waals surface area contributed by atoms with Gasteiger partial charge < -0.3 is 9.64 Å². The van der Waals surface area contributed by atoms with Crippen LogP contribution < -0.4 is 4.90 Å². The normalized spacial score (nSPS) is 14.3. The minimum absolute atomic E-state index is 0.191. The van der Waals surface area contributed by atoms with Gasteiger partial charge >= 0.3 is 5.97 Å². The van der Waals surface area contributed by atoms with Crippen molar-refractivity contribution in [2.45, 2.75) is 46.1 Å². The molecule has 19 heavy (non-hydrogen) atoms. The van der Waals surface area contributed by atoms with Crippen LogP contribution in [0.1, 0.15) is 38.2 Å². The highest BCUT2D eigenvalue weighted by Crippen LogP contribution is 2.30. The third-order valence-electron chi connectivity index (χ3n) is 3.13. The summed E-state index contributed by atoms with van der Waals surface area (Å²) in [7, 11) is 0. The van der Waals surface area contributed by atoms with E-state index in [1.54, 1.807) is 0 Å². The molecule has 1 aromatic heterocycles. The first-order valence-electron chi connectivity index (χ1n) is 6.90. The van der Waals surface area contributed by atoms with E-state index in [4.69, 9.17) is 4.74 Å². The molecule has 104 valence electrons. The molecule has 5 nitrogen and oxygen atoms in total. The second kappa shape index (κ2) is 5.99. The number of ether oxygens (including phenoxy) is 1. The highest BCUT2D eigenvalue weighted by atomic mass is 16.5. The summed E-state index contributed by atoms with van der Waals surface area (Å²) >= 11 is 0. The molecule has 1 saturated carbocycles. The van der Waals surface area contributed by atoms with Crippen LogP contribution in [-0.4, -0.2) is 35.1 Å². The summed E-state index contributed by atoms with van der Waals surface area (Å²) in [6.45, 7) is 6.47. The van der Waals surface area contributed by atoms with Gasteiger partial charge in [-0.1, -0.05) is 6.92 Å². The van der Waals surface area contributed by atoms with Crippen molar-refractivity contribution < 1.29 is 9.53 Å². The van der Waals surface area contributed by atoms with Gasteiger partial charge in [0, 0.05) is 17.8 Å². The lowest BCUT2D eigenvalue weighted by atomic mass is 10.3. The van der Waals surface area contributed by atoms with Crippen LogP contribution in [0.25, 0.3) is 0 Å². The van der Waals surface area contributed by atoms with E-state index in [0.717, 1.165) is 36.6 Å². The van der Waals surface area contributed by atoms with Crippen LogP contribution in [0.3, 0.4) is 0 Å². The Labute approximate surface area is 114 Å². The number of aryl methyl sites for hydroxylation is 2. The van der Waals surface area contributed by atoms with Gasteiger partial charge in [0.1, 0.15) is 18.2 Å². The lowest BCUT2D eigenvalue weighted by Gasteiger charge is -2.23. The van der Waals surface area contributed by atoms with Gasteiger partial charge in [0.2, 0.25) is 0 Å². The van der Waals surface area contributed by atoms with Gasteiger partial charge in [-0.15, -0.1) is 0 Å². The predicted octanol–water partition coefficient (Wildman–Crippen LogP) is 1.88. The fraction of sp³-hybridized carbons (Fsp3) is 0.643. The van der Waals surface area contributed by atoms with Crippen molar-refractivity contribution in [2.75, 3.05) is 18.1 Å². The summed E-state index contributed by atoms with van der Waals surface area (Å²) in [5.41, 5.74) is 1.01. The SMILES string of the molecule is CCOC(=O)CN(c1cc(CC)nc(C)n1)C1CC1. The van der Waals surface area contributed by atoms with Gasteiger partial charge in [0.05, 0.1) is 6.61 Å². The molecule has 1 heterocycles. The van der Waals surface area contributed by atoms with Gasteiger partial charge in [-0.25, -0.2) is 9.97 Å². The Bertz CT molecular complexity index is 458. The number of hydrogen-bond donors (Lipinski definition) is 0. The molecule has 1 aromatic rings. The molecule has 1 aliphatic rings. The number of anilines is 1. The van der Waals surface area contributed by atoms with E-state index in [0.29, 0.717) is 12.6 Å². The average Bonchev–Trinajstić information content (AvgIpc) is 3.19. The Balaban J connectivity index is 2.18. The van der Waals surface area contributed by atoms with Gasteiger partial charge in [0.25, 0.3) is 0 Å². The van der Waals surface area contributed by atoms with Crippen LogP contribution >= 0.6 is 0 Å². The van der Waals surface area contributed by atoms with Crippen molar-refractivity contribution in [2.24, 2.45) is 0 Å². The number of carbonyl (C=O) groups excluding carboxylic acids is 1. The van der Waals surface area contributed by atoms with Crippen LogP contribution in [0.2, 0.25) is 0 Å². The lowest BCUT2D eigenvalue weighted by Crippen LogP contribution is -2.34. The van der Waals surface area contributed by atoms with Gasteiger partial charge in [0.15, 0.2) is 0 Å². The van der Waals surface area contributed by atoms with Crippen molar-refractivity contribution in [1.82, 2.24) is 9.97 Å². The van der Waals surface area contributed by atoms with Crippen molar-refractivity contribution in [3.8, 4) is 0 Å². The Morgan fingerprint density at radius 3 is 2.74 bits per heavy atom. The molecular weight excluding hydrogens is 242 g/mol.